The van der Waals surface area contributed by atoms with Crippen LogP contribution in [0.1, 0.15) is 48.4 Å². The highest BCUT2D eigenvalue weighted by Crippen LogP contribution is 2.27. The largest absolute Gasteiger partial charge is 0.387 e. The summed E-state index contributed by atoms with van der Waals surface area (Å²) in [7, 11) is 0. The molecule has 0 radical (unpaired) electrons. The predicted octanol–water partition coefficient (Wildman–Crippen LogP) is 2.77. The van der Waals surface area contributed by atoms with E-state index in [4.69, 9.17) is 0 Å². The molecule has 5 rings (SSSR count). The lowest BCUT2D eigenvalue weighted by Crippen LogP contribution is -2.35. The summed E-state index contributed by atoms with van der Waals surface area (Å²) in [6.07, 6.45) is 5.02. The Morgan fingerprint density at radius 1 is 1.09 bits per heavy atom. The summed E-state index contributed by atoms with van der Waals surface area (Å²) in [6, 6.07) is 18.9. The highest BCUT2D eigenvalue weighted by molar-refractivity contribution is 5.94. The van der Waals surface area contributed by atoms with E-state index in [0.29, 0.717) is 30.4 Å². The van der Waals surface area contributed by atoms with E-state index >= 15 is 0 Å². The van der Waals surface area contributed by atoms with Gasteiger partial charge in [-0.05, 0) is 48.9 Å². The summed E-state index contributed by atoms with van der Waals surface area (Å²) in [5, 5.41) is 17.2. The average Bonchev–Trinajstić information content (AvgIpc) is 3.49. The molecule has 7 nitrogen and oxygen atoms in total. The van der Waals surface area contributed by atoms with Crippen molar-refractivity contribution in [2.75, 3.05) is 5.32 Å². The number of nitrogens with one attached hydrogen (secondary N) is 2. The molecule has 3 N–H and O–H groups in total. The van der Waals surface area contributed by atoms with E-state index in [1.54, 1.807) is 0 Å². The van der Waals surface area contributed by atoms with Crippen molar-refractivity contribution in [2.45, 2.75) is 56.3 Å². The third-order valence-corrected chi connectivity index (χ3v) is 6.71. The number of aliphatic hydroxyl groups is 1. The first-order chi connectivity index (χ1) is 16.1. The molecule has 0 aliphatic carbocycles. The Morgan fingerprint density at radius 3 is 2.67 bits per heavy atom. The third kappa shape index (κ3) is 4.60. The molecule has 0 spiro atoms. The number of nitrogens with zero attached hydrogens (tertiary/aromatic N) is 2. The second kappa shape index (κ2) is 9.29. The van der Waals surface area contributed by atoms with Gasteiger partial charge in [-0.3, -0.25) is 14.2 Å². The van der Waals surface area contributed by atoms with Gasteiger partial charge in [0.1, 0.15) is 11.9 Å². The van der Waals surface area contributed by atoms with Crippen LogP contribution in [0.4, 0.5) is 5.69 Å². The molecule has 3 aromatic rings. The van der Waals surface area contributed by atoms with Gasteiger partial charge in [0, 0.05) is 36.5 Å². The summed E-state index contributed by atoms with van der Waals surface area (Å²) in [5.41, 5.74) is 2.64. The van der Waals surface area contributed by atoms with Gasteiger partial charge in [0.05, 0.1) is 6.10 Å². The number of aromatic nitrogens is 2. The number of carbonyl (C=O) groups is 1. The second-order valence-corrected chi connectivity index (χ2v) is 8.92. The summed E-state index contributed by atoms with van der Waals surface area (Å²) in [6.45, 7) is 0. The van der Waals surface area contributed by atoms with Crippen LogP contribution in [-0.4, -0.2) is 32.6 Å². The van der Waals surface area contributed by atoms with Crippen LogP contribution < -0.4 is 16.2 Å². The molecule has 3 heterocycles. The number of aryl methyl sites for hydroxylation is 1. The Balaban J connectivity index is 1.17. The highest BCUT2D eigenvalue weighted by Gasteiger charge is 2.31. The molecule has 1 saturated heterocycles. The maximum Gasteiger partial charge on any atom is 0.254 e. The van der Waals surface area contributed by atoms with Gasteiger partial charge in [-0.2, -0.15) is 0 Å². The number of aliphatic hydroxyl groups excluding tert-OH is 1. The van der Waals surface area contributed by atoms with Gasteiger partial charge >= 0.3 is 0 Å². The number of benzene rings is 2. The van der Waals surface area contributed by atoms with Crippen molar-refractivity contribution in [2.24, 2.45) is 0 Å². The lowest BCUT2D eigenvalue weighted by molar-refractivity contribution is -0.119. The molecule has 33 heavy (non-hydrogen) atoms. The first-order valence-electron chi connectivity index (χ1n) is 11.5. The number of carbonyl (C=O) groups excluding carboxylic acids is 1. The third-order valence-electron chi connectivity index (χ3n) is 6.71. The van der Waals surface area contributed by atoms with E-state index in [1.165, 1.54) is 22.4 Å². The lowest BCUT2D eigenvalue weighted by Gasteiger charge is -2.20. The maximum atomic E-state index is 12.8. The zero-order chi connectivity index (χ0) is 22.8. The van der Waals surface area contributed by atoms with Crippen molar-refractivity contribution in [1.82, 2.24) is 14.9 Å². The molecular weight excluding hydrogens is 416 g/mol. The molecular formula is C26H28N4O3. The van der Waals surface area contributed by atoms with Crippen molar-refractivity contribution >= 4 is 11.6 Å². The second-order valence-electron chi connectivity index (χ2n) is 8.92. The van der Waals surface area contributed by atoms with Gasteiger partial charge in [0.15, 0.2) is 0 Å². The molecule has 2 unspecified atom stereocenters. The number of hydrogen-bond acceptors (Lipinski definition) is 5. The fourth-order valence-corrected chi connectivity index (χ4v) is 5.00. The minimum atomic E-state index is -0.517. The van der Waals surface area contributed by atoms with Crippen LogP contribution in [0.5, 0.6) is 0 Å². The Bertz CT molecular complexity index is 1180. The van der Waals surface area contributed by atoms with Gasteiger partial charge in [-0.25, -0.2) is 4.98 Å². The standard InChI is InChI=1S/C26H28N4O3/c31-24-14-15-27-23-13-12-22(30(23)24)26(33)29-19-8-6-17(7-9-19)16-20-10-11-21(28-20)25(32)18-4-2-1-3-5-18/h1-9,14-15,20-22,25,28,32H,10-13,16H2,(H,29,33)/t20?,21-,22?,25-/m1/s1. The minimum Gasteiger partial charge on any atom is -0.387 e. The number of amides is 1. The normalized spacial score (nSPS) is 22.6. The summed E-state index contributed by atoms with van der Waals surface area (Å²) < 4.78 is 1.50. The van der Waals surface area contributed by atoms with Crippen molar-refractivity contribution in [3.05, 3.63) is 94.2 Å². The Morgan fingerprint density at radius 2 is 1.88 bits per heavy atom. The van der Waals surface area contributed by atoms with Crippen molar-refractivity contribution in [1.29, 1.82) is 0 Å². The SMILES string of the molecule is O=C(Nc1ccc(CC2CC[C@H]([C@H](O)c3ccccc3)N2)cc1)C1CCc2nccc(=O)n21. The van der Waals surface area contributed by atoms with Crippen LogP contribution in [0.3, 0.4) is 0 Å². The highest BCUT2D eigenvalue weighted by atomic mass is 16.3. The van der Waals surface area contributed by atoms with Crippen LogP contribution >= 0.6 is 0 Å². The molecule has 4 atom stereocenters. The van der Waals surface area contributed by atoms with Crippen molar-refractivity contribution < 1.29 is 9.90 Å². The Kier molecular flexibility index (Phi) is 6.07. The van der Waals surface area contributed by atoms with Crippen LogP contribution in [0.2, 0.25) is 0 Å². The number of fused-ring (bicyclic) bond motifs is 1. The molecule has 2 aliphatic rings. The molecule has 0 bridgehead atoms. The van der Waals surface area contributed by atoms with Crippen LogP contribution in [0.15, 0.2) is 71.7 Å². The van der Waals surface area contributed by atoms with Crippen molar-refractivity contribution in [3.63, 3.8) is 0 Å². The fraction of sp³-hybridized carbons (Fsp3) is 0.346. The van der Waals surface area contributed by atoms with Crippen LogP contribution in [0.25, 0.3) is 0 Å². The van der Waals surface area contributed by atoms with Crippen LogP contribution in [0, 0.1) is 0 Å². The van der Waals surface area contributed by atoms with Gasteiger partial charge in [-0.1, -0.05) is 42.5 Å². The van der Waals surface area contributed by atoms with Gasteiger partial charge in [0.25, 0.3) is 5.56 Å². The predicted molar refractivity (Wildman–Crippen MR) is 126 cm³/mol. The fourth-order valence-electron chi connectivity index (χ4n) is 5.00. The van der Waals surface area contributed by atoms with Gasteiger partial charge < -0.3 is 15.7 Å². The quantitative estimate of drug-likeness (QED) is 0.543. The molecule has 2 aromatic carbocycles. The van der Waals surface area contributed by atoms with Gasteiger partial charge in [0.2, 0.25) is 5.91 Å². The molecule has 170 valence electrons. The van der Waals surface area contributed by atoms with E-state index < -0.39 is 12.1 Å². The molecule has 0 saturated carbocycles. The molecule has 2 aliphatic heterocycles. The van der Waals surface area contributed by atoms with E-state index in [-0.39, 0.29) is 17.5 Å². The number of hydrogen-bond donors (Lipinski definition) is 3. The molecule has 7 heteroatoms. The zero-order valence-electron chi connectivity index (χ0n) is 18.4. The Hall–Kier alpha value is -3.29. The van der Waals surface area contributed by atoms with Crippen molar-refractivity contribution in [3.8, 4) is 0 Å². The van der Waals surface area contributed by atoms with Crippen LogP contribution in [-0.2, 0) is 17.6 Å². The lowest BCUT2D eigenvalue weighted by atomic mass is 10.0. The zero-order valence-corrected chi connectivity index (χ0v) is 18.4. The van der Waals surface area contributed by atoms with Gasteiger partial charge in [-0.15, -0.1) is 0 Å². The number of rotatable bonds is 6. The van der Waals surface area contributed by atoms with E-state index in [1.807, 2.05) is 54.6 Å². The first kappa shape index (κ1) is 21.6. The first-order valence-corrected chi connectivity index (χ1v) is 11.5. The molecule has 1 amide bonds. The van der Waals surface area contributed by atoms with E-state index in [0.717, 1.165) is 24.8 Å². The minimum absolute atomic E-state index is 0.0585. The average molecular weight is 445 g/mol. The van der Waals surface area contributed by atoms with E-state index in [2.05, 4.69) is 15.6 Å². The summed E-state index contributed by atoms with van der Waals surface area (Å²) in [4.78, 5) is 29.1. The molecule has 1 aromatic heterocycles. The smallest absolute Gasteiger partial charge is 0.254 e. The topological polar surface area (TPSA) is 96.2 Å². The maximum absolute atomic E-state index is 12.8. The summed E-state index contributed by atoms with van der Waals surface area (Å²) in [5.74, 6) is 0.476. The number of anilines is 1. The monoisotopic (exact) mass is 444 g/mol. The Labute approximate surface area is 192 Å². The summed E-state index contributed by atoms with van der Waals surface area (Å²) >= 11 is 0. The van der Waals surface area contributed by atoms with E-state index in [9.17, 15) is 14.7 Å². The molecule has 1 fully saturated rings.